The van der Waals surface area contributed by atoms with Crippen molar-refractivity contribution in [3.8, 4) is 5.69 Å². The standard InChI is InChI=1S/C18H24N4O.ClH/c1-14(15-5-3-8-19-13-15)11-18(23)21-16-6-2-7-17(12-16)22-10-4-9-20-22;/h2,4,6-7,9-10,12,14-15,19H,3,5,8,11,13H2,1H3,(H,21,23);1H. The fourth-order valence-corrected chi connectivity index (χ4v) is 3.18. The third-order valence-electron chi connectivity index (χ3n) is 4.55. The van der Waals surface area contributed by atoms with Gasteiger partial charge in [-0.1, -0.05) is 13.0 Å². The van der Waals surface area contributed by atoms with Crippen LogP contribution in [0.2, 0.25) is 0 Å². The van der Waals surface area contributed by atoms with E-state index in [2.05, 4.69) is 22.7 Å². The number of hydrogen-bond acceptors (Lipinski definition) is 3. The number of halogens is 1. The number of nitrogens with one attached hydrogen (secondary N) is 2. The molecular weight excluding hydrogens is 324 g/mol. The molecule has 6 heteroatoms. The van der Waals surface area contributed by atoms with E-state index in [9.17, 15) is 4.79 Å². The van der Waals surface area contributed by atoms with Gasteiger partial charge in [0, 0.05) is 24.5 Å². The van der Waals surface area contributed by atoms with Crippen molar-refractivity contribution in [2.45, 2.75) is 26.2 Å². The first kappa shape index (κ1) is 18.5. The molecule has 24 heavy (non-hydrogen) atoms. The summed E-state index contributed by atoms with van der Waals surface area (Å²) in [7, 11) is 0. The monoisotopic (exact) mass is 348 g/mol. The number of aromatic nitrogens is 2. The van der Waals surface area contributed by atoms with Crippen LogP contribution >= 0.6 is 12.4 Å². The van der Waals surface area contributed by atoms with E-state index in [1.54, 1.807) is 10.9 Å². The molecular formula is C18H25ClN4O. The van der Waals surface area contributed by atoms with Crippen LogP contribution in [0.25, 0.3) is 5.69 Å². The van der Waals surface area contributed by atoms with Crippen molar-refractivity contribution in [2.75, 3.05) is 18.4 Å². The lowest BCUT2D eigenvalue weighted by Gasteiger charge is -2.28. The summed E-state index contributed by atoms with van der Waals surface area (Å²) in [5.41, 5.74) is 1.76. The molecule has 0 spiro atoms. The second-order valence-corrected chi connectivity index (χ2v) is 6.34. The Hall–Kier alpha value is -1.85. The van der Waals surface area contributed by atoms with Crippen LogP contribution in [0.1, 0.15) is 26.2 Å². The Morgan fingerprint density at radius 3 is 3.04 bits per heavy atom. The summed E-state index contributed by atoms with van der Waals surface area (Å²) in [5.74, 6) is 1.09. The van der Waals surface area contributed by atoms with Gasteiger partial charge in [-0.3, -0.25) is 4.79 Å². The molecule has 1 fully saturated rings. The zero-order valence-electron chi connectivity index (χ0n) is 13.9. The lowest BCUT2D eigenvalue weighted by atomic mass is 9.85. The van der Waals surface area contributed by atoms with Gasteiger partial charge in [0.05, 0.1) is 5.69 Å². The van der Waals surface area contributed by atoms with Gasteiger partial charge in [0.15, 0.2) is 0 Å². The minimum atomic E-state index is 0. The Morgan fingerprint density at radius 1 is 1.46 bits per heavy atom. The highest BCUT2D eigenvalue weighted by Crippen LogP contribution is 2.23. The molecule has 1 amide bonds. The van der Waals surface area contributed by atoms with Crippen molar-refractivity contribution < 1.29 is 4.79 Å². The molecule has 0 saturated carbocycles. The minimum absolute atomic E-state index is 0. The number of anilines is 1. The number of piperidine rings is 1. The normalized spacial score (nSPS) is 18.5. The Morgan fingerprint density at radius 2 is 2.33 bits per heavy atom. The fraction of sp³-hybridized carbons (Fsp3) is 0.444. The van der Waals surface area contributed by atoms with Crippen LogP contribution in [0.15, 0.2) is 42.7 Å². The van der Waals surface area contributed by atoms with E-state index in [1.165, 1.54) is 12.8 Å². The molecule has 2 heterocycles. The second kappa shape index (κ2) is 8.85. The van der Waals surface area contributed by atoms with Crippen LogP contribution in [-0.2, 0) is 4.79 Å². The lowest BCUT2D eigenvalue weighted by Crippen LogP contribution is -2.34. The Balaban J connectivity index is 0.00000208. The van der Waals surface area contributed by atoms with Crippen molar-refractivity contribution in [1.29, 1.82) is 0 Å². The van der Waals surface area contributed by atoms with E-state index in [0.29, 0.717) is 18.3 Å². The Labute approximate surface area is 149 Å². The van der Waals surface area contributed by atoms with Crippen LogP contribution in [0.4, 0.5) is 5.69 Å². The zero-order chi connectivity index (χ0) is 16.1. The van der Waals surface area contributed by atoms with Gasteiger partial charge in [-0.05, 0) is 62.0 Å². The summed E-state index contributed by atoms with van der Waals surface area (Å²) < 4.78 is 1.78. The molecule has 2 aromatic rings. The molecule has 5 nitrogen and oxygen atoms in total. The number of benzene rings is 1. The number of carbonyl (C=O) groups is 1. The maximum Gasteiger partial charge on any atom is 0.224 e. The van der Waals surface area contributed by atoms with Gasteiger partial charge < -0.3 is 10.6 Å². The fourth-order valence-electron chi connectivity index (χ4n) is 3.18. The van der Waals surface area contributed by atoms with Gasteiger partial charge in [-0.15, -0.1) is 12.4 Å². The predicted molar refractivity (Wildman–Crippen MR) is 98.8 cm³/mol. The summed E-state index contributed by atoms with van der Waals surface area (Å²) in [5, 5.41) is 10.6. The summed E-state index contributed by atoms with van der Waals surface area (Å²) in [6.45, 7) is 4.32. The second-order valence-electron chi connectivity index (χ2n) is 6.34. The molecule has 130 valence electrons. The average molecular weight is 349 g/mol. The largest absolute Gasteiger partial charge is 0.326 e. The molecule has 0 radical (unpaired) electrons. The first-order valence-electron chi connectivity index (χ1n) is 8.33. The van der Waals surface area contributed by atoms with Crippen molar-refractivity contribution in [1.82, 2.24) is 15.1 Å². The van der Waals surface area contributed by atoms with Crippen LogP contribution in [0, 0.1) is 11.8 Å². The molecule has 1 aliphatic rings. The van der Waals surface area contributed by atoms with Crippen molar-refractivity contribution in [3.63, 3.8) is 0 Å². The molecule has 1 saturated heterocycles. The van der Waals surface area contributed by atoms with Crippen LogP contribution in [0.3, 0.4) is 0 Å². The van der Waals surface area contributed by atoms with Gasteiger partial charge in [0.2, 0.25) is 5.91 Å². The Bertz CT molecular complexity index is 638. The van der Waals surface area contributed by atoms with E-state index >= 15 is 0 Å². The molecule has 0 aliphatic carbocycles. The van der Waals surface area contributed by atoms with E-state index in [-0.39, 0.29) is 18.3 Å². The molecule has 3 rings (SSSR count). The van der Waals surface area contributed by atoms with Gasteiger partial charge in [0.1, 0.15) is 0 Å². The maximum atomic E-state index is 12.3. The number of nitrogens with zero attached hydrogens (tertiary/aromatic N) is 2. The molecule has 2 atom stereocenters. The minimum Gasteiger partial charge on any atom is -0.326 e. The maximum absolute atomic E-state index is 12.3. The number of hydrogen-bond donors (Lipinski definition) is 2. The van der Waals surface area contributed by atoms with Gasteiger partial charge in [-0.2, -0.15) is 5.10 Å². The van der Waals surface area contributed by atoms with Crippen LogP contribution in [-0.4, -0.2) is 28.8 Å². The van der Waals surface area contributed by atoms with Crippen molar-refractivity contribution in [2.24, 2.45) is 11.8 Å². The van der Waals surface area contributed by atoms with Gasteiger partial charge in [-0.25, -0.2) is 4.68 Å². The quantitative estimate of drug-likeness (QED) is 0.872. The first-order valence-corrected chi connectivity index (χ1v) is 8.33. The topological polar surface area (TPSA) is 59.0 Å². The van der Waals surface area contributed by atoms with Crippen LogP contribution < -0.4 is 10.6 Å². The highest BCUT2D eigenvalue weighted by molar-refractivity contribution is 5.91. The SMILES string of the molecule is CC(CC(=O)Nc1cccc(-n2cccn2)c1)C1CCCNC1.Cl. The van der Waals surface area contributed by atoms with Crippen LogP contribution in [0.5, 0.6) is 0 Å². The molecule has 2 N–H and O–H groups in total. The van der Waals surface area contributed by atoms with E-state index < -0.39 is 0 Å². The van der Waals surface area contributed by atoms with E-state index in [0.717, 1.165) is 24.5 Å². The lowest BCUT2D eigenvalue weighted by molar-refractivity contribution is -0.117. The molecule has 1 aliphatic heterocycles. The van der Waals surface area contributed by atoms with E-state index in [4.69, 9.17) is 0 Å². The number of amides is 1. The smallest absolute Gasteiger partial charge is 0.224 e. The summed E-state index contributed by atoms with van der Waals surface area (Å²) in [6.07, 6.45) is 6.63. The number of rotatable bonds is 5. The van der Waals surface area contributed by atoms with Gasteiger partial charge >= 0.3 is 0 Å². The highest BCUT2D eigenvalue weighted by Gasteiger charge is 2.22. The van der Waals surface area contributed by atoms with Gasteiger partial charge in [0.25, 0.3) is 0 Å². The molecule has 2 unspecified atom stereocenters. The zero-order valence-corrected chi connectivity index (χ0v) is 14.8. The molecule has 1 aromatic heterocycles. The molecule has 0 bridgehead atoms. The number of carbonyl (C=O) groups excluding carboxylic acids is 1. The third-order valence-corrected chi connectivity index (χ3v) is 4.55. The van der Waals surface area contributed by atoms with E-state index in [1.807, 2.05) is 36.5 Å². The van der Waals surface area contributed by atoms with Crippen molar-refractivity contribution in [3.05, 3.63) is 42.7 Å². The third kappa shape index (κ3) is 4.82. The summed E-state index contributed by atoms with van der Waals surface area (Å²) in [4.78, 5) is 12.3. The predicted octanol–water partition coefficient (Wildman–Crippen LogP) is 3.26. The summed E-state index contributed by atoms with van der Waals surface area (Å²) >= 11 is 0. The first-order chi connectivity index (χ1) is 11.2. The molecule has 1 aromatic carbocycles. The average Bonchev–Trinajstić information content (AvgIpc) is 3.10. The highest BCUT2D eigenvalue weighted by atomic mass is 35.5. The van der Waals surface area contributed by atoms with Crippen molar-refractivity contribution >= 4 is 24.0 Å². The summed E-state index contributed by atoms with van der Waals surface area (Å²) in [6, 6.07) is 9.64. The Kier molecular flexibility index (Phi) is 6.82.